The Hall–Kier alpha value is -1.61. The number of Topliss-reactive ketones (excluding diaryl/α,β-unsaturated/α-hetero) is 1. The number of para-hydroxylation sites is 1. The van der Waals surface area contributed by atoms with E-state index >= 15 is 0 Å². The Morgan fingerprint density at radius 3 is 2.35 bits per heavy atom. The van der Waals surface area contributed by atoms with Gasteiger partial charge in [-0.1, -0.05) is 50.2 Å². The van der Waals surface area contributed by atoms with E-state index < -0.39 is 0 Å². The van der Waals surface area contributed by atoms with E-state index in [4.69, 9.17) is 4.74 Å². The molecule has 0 saturated carbocycles. The lowest BCUT2D eigenvalue weighted by atomic mass is 10.0. The summed E-state index contributed by atoms with van der Waals surface area (Å²) in [6.07, 6.45) is 0. The molecule has 104 valence electrons. The predicted octanol–water partition coefficient (Wildman–Crippen LogP) is 4.83. The quantitative estimate of drug-likeness (QED) is 0.732. The van der Waals surface area contributed by atoms with Crippen LogP contribution in [0.5, 0.6) is 5.75 Å². The van der Waals surface area contributed by atoms with Crippen LogP contribution in [0.15, 0.2) is 53.0 Å². The first-order chi connectivity index (χ1) is 9.58. The molecule has 0 radical (unpaired) electrons. The van der Waals surface area contributed by atoms with E-state index in [1.54, 1.807) is 0 Å². The van der Waals surface area contributed by atoms with Crippen LogP contribution in [0.3, 0.4) is 0 Å². The third-order valence-electron chi connectivity index (χ3n) is 3.09. The number of hydrogen-bond acceptors (Lipinski definition) is 2. The van der Waals surface area contributed by atoms with Gasteiger partial charge in [-0.15, -0.1) is 0 Å². The van der Waals surface area contributed by atoms with Crippen molar-refractivity contribution in [1.29, 1.82) is 0 Å². The normalized spacial score (nSPS) is 10.6. The molecule has 0 saturated heterocycles. The fraction of sp³-hybridized carbons (Fsp3) is 0.235. The number of benzene rings is 2. The van der Waals surface area contributed by atoms with Crippen molar-refractivity contribution in [1.82, 2.24) is 0 Å². The smallest absolute Gasteiger partial charge is 0.200 e. The van der Waals surface area contributed by atoms with Gasteiger partial charge in [0, 0.05) is 5.56 Å². The highest BCUT2D eigenvalue weighted by Crippen LogP contribution is 2.24. The maximum atomic E-state index is 12.1. The van der Waals surface area contributed by atoms with Crippen molar-refractivity contribution in [2.75, 3.05) is 6.61 Å². The second-order valence-electron chi connectivity index (χ2n) is 4.92. The van der Waals surface area contributed by atoms with Crippen LogP contribution in [-0.4, -0.2) is 12.4 Å². The number of halogens is 1. The fourth-order valence-corrected chi connectivity index (χ4v) is 2.24. The molecule has 0 aromatic heterocycles. The lowest BCUT2D eigenvalue weighted by Crippen LogP contribution is -2.11. The molecule has 2 aromatic carbocycles. The van der Waals surface area contributed by atoms with Gasteiger partial charge in [-0.3, -0.25) is 4.79 Å². The molecule has 3 heteroatoms. The van der Waals surface area contributed by atoms with Crippen LogP contribution in [0.1, 0.15) is 35.7 Å². The summed E-state index contributed by atoms with van der Waals surface area (Å²) in [6.45, 7) is 4.31. The molecule has 0 aliphatic heterocycles. The third kappa shape index (κ3) is 3.70. The van der Waals surface area contributed by atoms with Gasteiger partial charge in [-0.25, -0.2) is 0 Å². The third-order valence-corrected chi connectivity index (χ3v) is 3.75. The molecule has 0 heterocycles. The predicted molar refractivity (Wildman–Crippen MR) is 84.5 cm³/mol. The SMILES string of the molecule is CC(C)c1ccc(C(=O)COc2ccccc2Br)cc1. The Balaban J connectivity index is 2.00. The van der Waals surface area contributed by atoms with E-state index in [1.165, 1.54) is 5.56 Å². The van der Waals surface area contributed by atoms with Gasteiger partial charge in [0.1, 0.15) is 5.75 Å². The summed E-state index contributed by atoms with van der Waals surface area (Å²) < 4.78 is 6.38. The van der Waals surface area contributed by atoms with Crippen LogP contribution in [-0.2, 0) is 0 Å². The molecule has 0 spiro atoms. The largest absolute Gasteiger partial charge is 0.484 e. The van der Waals surface area contributed by atoms with Gasteiger partial charge < -0.3 is 4.74 Å². The molecule has 0 aliphatic carbocycles. The Morgan fingerprint density at radius 1 is 1.10 bits per heavy atom. The van der Waals surface area contributed by atoms with Crippen molar-refractivity contribution in [3.05, 3.63) is 64.1 Å². The number of ketones is 1. The van der Waals surface area contributed by atoms with Crippen molar-refractivity contribution in [3.63, 3.8) is 0 Å². The standard InChI is InChI=1S/C17H17BrO2/c1-12(2)13-7-9-14(10-8-13)16(19)11-20-17-6-4-3-5-15(17)18/h3-10,12H,11H2,1-2H3. The van der Waals surface area contributed by atoms with Gasteiger partial charge >= 0.3 is 0 Å². The second kappa shape index (κ2) is 6.71. The van der Waals surface area contributed by atoms with E-state index in [-0.39, 0.29) is 12.4 Å². The second-order valence-corrected chi connectivity index (χ2v) is 5.77. The Labute approximate surface area is 127 Å². The summed E-state index contributed by atoms with van der Waals surface area (Å²) >= 11 is 3.39. The first kappa shape index (κ1) is 14.8. The van der Waals surface area contributed by atoms with Crippen LogP contribution in [0, 0.1) is 0 Å². The van der Waals surface area contributed by atoms with Crippen LogP contribution in [0.4, 0.5) is 0 Å². The topological polar surface area (TPSA) is 26.3 Å². The van der Waals surface area contributed by atoms with Crippen LogP contribution >= 0.6 is 15.9 Å². The lowest BCUT2D eigenvalue weighted by molar-refractivity contribution is 0.0921. The van der Waals surface area contributed by atoms with Crippen molar-refractivity contribution in [2.24, 2.45) is 0 Å². The van der Waals surface area contributed by atoms with E-state index in [0.29, 0.717) is 17.2 Å². The maximum Gasteiger partial charge on any atom is 0.200 e. The summed E-state index contributed by atoms with van der Waals surface area (Å²) in [5, 5.41) is 0. The fourth-order valence-electron chi connectivity index (χ4n) is 1.84. The van der Waals surface area contributed by atoms with Gasteiger partial charge in [0.25, 0.3) is 0 Å². The number of hydrogen-bond donors (Lipinski definition) is 0. The van der Waals surface area contributed by atoms with Crippen molar-refractivity contribution < 1.29 is 9.53 Å². The van der Waals surface area contributed by atoms with Crippen LogP contribution < -0.4 is 4.74 Å². The van der Waals surface area contributed by atoms with Crippen molar-refractivity contribution >= 4 is 21.7 Å². The van der Waals surface area contributed by atoms with Gasteiger partial charge in [-0.2, -0.15) is 0 Å². The summed E-state index contributed by atoms with van der Waals surface area (Å²) in [5.74, 6) is 1.13. The summed E-state index contributed by atoms with van der Waals surface area (Å²) in [7, 11) is 0. The molecule has 20 heavy (non-hydrogen) atoms. The highest BCUT2D eigenvalue weighted by Gasteiger charge is 2.09. The minimum atomic E-state index is -0.0175. The van der Waals surface area contributed by atoms with Gasteiger partial charge in [0.05, 0.1) is 4.47 Å². The molecule has 0 atom stereocenters. The molecule has 0 bridgehead atoms. The van der Waals surface area contributed by atoms with E-state index in [9.17, 15) is 4.79 Å². The highest BCUT2D eigenvalue weighted by atomic mass is 79.9. The van der Waals surface area contributed by atoms with Gasteiger partial charge in [0.2, 0.25) is 0 Å². The van der Waals surface area contributed by atoms with Gasteiger partial charge in [-0.05, 0) is 39.5 Å². The first-order valence-electron chi connectivity index (χ1n) is 6.58. The molecule has 0 N–H and O–H groups in total. The molecule has 0 fully saturated rings. The highest BCUT2D eigenvalue weighted by molar-refractivity contribution is 9.10. The minimum absolute atomic E-state index is 0.0175. The van der Waals surface area contributed by atoms with Gasteiger partial charge in [0.15, 0.2) is 12.4 Å². The summed E-state index contributed by atoms with van der Waals surface area (Å²) in [6, 6.07) is 15.2. The first-order valence-corrected chi connectivity index (χ1v) is 7.37. The Morgan fingerprint density at radius 2 is 1.75 bits per heavy atom. The number of ether oxygens (including phenoxy) is 1. The number of rotatable bonds is 5. The molecular formula is C17H17BrO2. The maximum absolute atomic E-state index is 12.1. The number of carbonyl (C=O) groups is 1. The van der Waals surface area contributed by atoms with Crippen LogP contribution in [0.25, 0.3) is 0 Å². The zero-order chi connectivity index (χ0) is 14.5. The summed E-state index contributed by atoms with van der Waals surface area (Å²) in [5.41, 5.74) is 1.91. The Bertz CT molecular complexity index is 588. The monoisotopic (exact) mass is 332 g/mol. The molecule has 2 aromatic rings. The molecule has 2 nitrogen and oxygen atoms in total. The molecule has 0 aliphatic rings. The minimum Gasteiger partial charge on any atom is -0.484 e. The van der Waals surface area contributed by atoms with Crippen molar-refractivity contribution in [3.8, 4) is 5.75 Å². The average molecular weight is 333 g/mol. The molecule has 0 amide bonds. The van der Waals surface area contributed by atoms with E-state index in [2.05, 4.69) is 29.8 Å². The zero-order valence-corrected chi connectivity index (χ0v) is 13.2. The average Bonchev–Trinajstić information content (AvgIpc) is 2.46. The van der Waals surface area contributed by atoms with Crippen molar-refractivity contribution in [2.45, 2.75) is 19.8 Å². The summed E-state index contributed by atoms with van der Waals surface area (Å²) in [4.78, 5) is 12.1. The zero-order valence-electron chi connectivity index (χ0n) is 11.6. The Kier molecular flexibility index (Phi) is 4.96. The van der Waals surface area contributed by atoms with E-state index in [0.717, 1.165) is 4.47 Å². The van der Waals surface area contributed by atoms with Crippen LogP contribution in [0.2, 0.25) is 0 Å². The molecule has 2 rings (SSSR count). The lowest BCUT2D eigenvalue weighted by Gasteiger charge is -2.08. The van der Waals surface area contributed by atoms with E-state index in [1.807, 2.05) is 48.5 Å². The number of carbonyl (C=O) groups excluding carboxylic acids is 1. The molecular weight excluding hydrogens is 316 g/mol. The molecule has 0 unspecified atom stereocenters.